The van der Waals surface area contributed by atoms with Crippen LogP contribution in [-0.4, -0.2) is 104 Å². The van der Waals surface area contributed by atoms with Crippen LogP contribution in [0.15, 0.2) is 11.5 Å². The van der Waals surface area contributed by atoms with E-state index in [2.05, 4.69) is 0 Å². The van der Waals surface area contributed by atoms with E-state index in [1.54, 1.807) is 20.8 Å². The van der Waals surface area contributed by atoms with Crippen molar-refractivity contribution in [3.8, 4) is 0 Å². The molecule has 2 heterocycles. The Morgan fingerprint density at radius 1 is 0.879 bits per heavy atom. The Hall–Kier alpha value is -2.00. The van der Waals surface area contributed by atoms with Crippen molar-refractivity contribution in [1.82, 2.24) is 0 Å². The van der Waals surface area contributed by atoms with Crippen molar-refractivity contribution in [3.63, 3.8) is 0 Å². The van der Waals surface area contributed by atoms with Gasteiger partial charge in [0, 0.05) is 5.92 Å². The maximum atomic E-state index is 12.1. The van der Waals surface area contributed by atoms with Crippen LogP contribution in [0.3, 0.4) is 0 Å². The lowest BCUT2D eigenvalue weighted by molar-refractivity contribution is -0.287. The molecule has 0 amide bonds. The summed E-state index contributed by atoms with van der Waals surface area (Å²) in [6.45, 7) is 4.60. The lowest BCUT2D eigenvalue weighted by atomic mass is 9.77. The van der Waals surface area contributed by atoms with Gasteiger partial charge in [-0.05, 0) is 5.41 Å². The third kappa shape index (κ3) is 6.76. The Morgan fingerprint density at radius 2 is 1.45 bits per heavy atom. The third-order valence-corrected chi connectivity index (χ3v) is 5.57. The fourth-order valence-corrected chi connectivity index (χ4v) is 3.39. The SMILES string of the molecule is CC(C)(C)C(COC(=O)CCC(=O)OCC1OC(O)C(O)C(O)C1O)C1OC(O)C(O)=C1O. The van der Waals surface area contributed by atoms with Gasteiger partial charge < -0.3 is 54.7 Å². The molecule has 13 nitrogen and oxygen atoms in total. The number of hydrogen-bond acceptors (Lipinski definition) is 13. The molecule has 2 aliphatic heterocycles. The van der Waals surface area contributed by atoms with Crippen molar-refractivity contribution >= 4 is 11.9 Å². The molecule has 0 spiro atoms. The second-order valence-electron chi connectivity index (χ2n) is 9.05. The lowest BCUT2D eigenvalue weighted by Crippen LogP contribution is -2.58. The maximum absolute atomic E-state index is 12.1. The topological polar surface area (TPSA) is 213 Å². The van der Waals surface area contributed by atoms with Crippen LogP contribution in [0, 0.1) is 11.3 Å². The molecule has 8 unspecified atom stereocenters. The van der Waals surface area contributed by atoms with Crippen molar-refractivity contribution in [2.24, 2.45) is 11.3 Å². The van der Waals surface area contributed by atoms with E-state index in [-0.39, 0.29) is 19.4 Å². The zero-order valence-corrected chi connectivity index (χ0v) is 18.5. The molecule has 0 aliphatic carbocycles. The van der Waals surface area contributed by atoms with Gasteiger partial charge in [0.15, 0.2) is 17.8 Å². The quantitative estimate of drug-likeness (QED) is 0.194. The molecule has 1 saturated heterocycles. The number of aliphatic hydroxyl groups is 7. The largest absolute Gasteiger partial charge is 0.506 e. The highest BCUT2D eigenvalue weighted by Crippen LogP contribution is 2.37. The van der Waals surface area contributed by atoms with Gasteiger partial charge >= 0.3 is 11.9 Å². The van der Waals surface area contributed by atoms with Crippen LogP contribution < -0.4 is 0 Å². The van der Waals surface area contributed by atoms with Crippen molar-refractivity contribution < 1.29 is 64.3 Å². The van der Waals surface area contributed by atoms with Crippen LogP contribution >= 0.6 is 0 Å². The van der Waals surface area contributed by atoms with Crippen molar-refractivity contribution in [1.29, 1.82) is 0 Å². The summed E-state index contributed by atoms with van der Waals surface area (Å²) in [6.07, 6.45) is -11.5. The van der Waals surface area contributed by atoms with E-state index >= 15 is 0 Å². The van der Waals surface area contributed by atoms with Crippen molar-refractivity contribution in [3.05, 3.63) is 11.5 Å². The fourth-order valence-electron chi connectivity index (χ4n) is 3.39. The highest BCUT2D eigenvalue weighted by atomic mass is 16.7. The molecule has 7 N–H and O–H groups in total. The molecule has 8 atom stereocenters. The summed E-state index contributed by atoms with van der Waals surface area (Å²) in [5.41, 5.74) is -0.564. The average molecular weight is 480 g/mol. The molecule has 0 saturated carbocycles. The van der Waals surface area contributed by atoms with Crippen LogP contribution in [0.4, 0.5) is 0 Å². The second kappa shape index (κ2) is 11.0. The van der Waals surface area contributed by atoms with Gasteiger partial charge in [0.05, 0.1) is 19.4 Å². The molecule has 0 bridgehead atoms. The van der Waals surface area contributed by atoms with Crippen LogP contribution in [0.5, 0.6) is 0 Å². The van der Waals surface area contributed by atoms with Gasteiger partial charge in [0.2, 0.25) is 6.29 Å². The molecule has 2 aliphatic rings. The molecular weight excluding hydrogens is 448 g/mol. The smallest absolute Gasteiger partial charge is 0.306 e. The van der Waals surface area contributed by atoms with Crippen LogP contribution in [0.2, 0.25) is 0 Å². The Bertz CT molecular complexity index is 730. The normalized spacial score (nSPS) is 33.6. The minimum atomic E-state index is -1.76. The average Bonchev–Trinajstić information content (AvgIpc) is 2.98. The van der Waals surface area contributed by atoms with E-state index in [0.29, 0.717) is 0 Å². The van der Waals surface area contributed by atoms with Gasteiger partial charge in [0.1, 0.15) is 37.1 Å². The Kier molecular flexibility index (Phi) is 9.04. The first-order chi connectivity index (χ1) is 15.2. The first kappa shape index (κ1) is 27.2. The van der Waals surface area contributed by atoms with Crippen molar-refractivity contribution in [2.75, 3.05) is 13.2 Å². The predicted molar refractivity (Wildman–Crippen MR) is 106 cm³/mol. The van der Waals surface area contributed by atoms with Gasteiger partial charge in [-0.2, -0.15) is 0 Å². The molecule has 13 heteroatoms. The standard InChI is InChI=1S/C20H32O13/c1-20(2,3)8(17-14(25)16(27)19(29)33-17)6-30-10(21)4-5-11(22)31-7-9-12(23)13(24)15(26)18(28)32-9/h8-9,12-13,15,17-19,23-29H,4-7H2,1-3H3. The lowest BCUT2D eigenvalue weighted by Gasteiger charge is -2.37. The summed E-state index contributed by atoms with van der Waals surface area (Å²) in [6, 6.07) is 0. The Labute approximate surface area is 189 Å². The zero-order valence-electron chi connectivity index (χ0n) is 18.5. The number of esters is 2. The molecule has 33 heavy (non-hydrogen) atoms. The molecule has 0 aromatic rings. The predicted octanol–water partition coefficient (Wildman–Crippen LogP) is -1.64. The molecule has 0 radical (unpaired) electrons. The van der Waals surface area contributed by atoms with Crippen LogP contribution in [0.1, 0.15) is 33.6 Å². The first-order valence-corrected chi connectivity index (χ1v) is 10.4. The molecular formula is C20H32O13. The van der Waals surface area contributed by atoms with Gasteiger partial charge in [-0.25, -0.2) is 0 Å². The van der Waals surface area contributed by atoms with Crippen LogP contribution in [0.25, 0.3) is 0 Å². The number of carbonyl (C=O) groups excluding carboxylic acids is 2. The monoisotopic (exact) mass is 480 g/mol. The number of aliphatic hydroxyl groups excluding tert-OH is 7. The summed E-state index contributed by atoms with van der Waals surface area (Å²) in [5.74, 6) is -3.47. The minimum absolute atomic E-state index is 0.230. The first-order valence-electron chi connectivity index (χ1n) is 10.4. The van der Waals surface area contributed by atoms with E-state index in [4.69, 9.17) is 18.9 Å². The Balaban J connectivity index is 1.79. The maximum Gasteiger partial charge on any atom is 0.306 e. The zero-order chi connectivity index (χ0) is 25.1. The van der Waals surface area contributed by atoms with E-state index in [1.165, 1.54) is 0 Å². The van der Waals surface area contributed by atoms with E-state index in [9.17, 15) is 45.3 Å². The summed E-state index contributed by atoms with van der Waals surface area (Å²) >= 11 is 0. The van der Waals surface area contributed by atoms with Gasteiger partial charge in [-0.15, -0.1) is 0 Å². The number of rotatable bonds is 8. The molecule has 0 aromatic heterocycles. The highest BCUT2D eigenvalue weighted by molar-refractivity contribution is 5.77. The summed E-state index contributed by atoms with van der Waals surface area (Å²) in [7, 11) is 0. The molecule has 2 rings (SSSR count). The van der Waals surface area contributed by atoms with E-state index in [1.807, 2.05) is 0 Å². The number of hydrogen-bond donors (Lipinski definition) is 7. The van der Waals surface area contributed by atoms with Crippen molar-refractivity contribution in [2.45, 2.75) is 76.7 Å². The van der Waals surface area contributed by atoms with Gasteiger partial charge in [-0.1, -0.05) is 20.8 Å². The fraction of sp³-hybridized carbons (Fsp3) is 0.800. The summed E-state index contributed by atoms with van der Waals surface area (Å²) < 4.78 is 20.1. The molecule has 190 valence electrons. The summed E-state index contributed by atoms with van der Waals surface area (Å²) in [4.78, 5) is 24.0. The highest BCUT2D eigenvalue weighted by Gasteiger charge is 2.45. The van der Waals surface area contributed by atoms with Crippen LogP contribution in [-0.2, 0) is 28.5 Å². The van der Waals surface area contributed by atoms with Gasteiger partial charge in [-0.3, -0.25) is 9.59 Å². The van der Waals surface area contributed by atoms with Gasteiger partial charge in [0.25, 0.3) is 0 Å². The Morgan fingerprint density at radius 3 is 1.97 bits per heavy atom. The molecule has 1 fully saturated rings. The minimum Gasteiger partial charge on any atom is -0.506 e. The molecule has 0 aromatic carbocycles. The third-order valence-electron chi connectivity index (χ3n) is 5.57. The number of carbonyl (C=O) groups is 2. The van der Waals surface area contributed by atoms with E-state index < -0.39 is 84.5 Å². The summed E-state index contributed by atoms with van der Waals surface area (Å²) in [5, 5.41) is 67.5. The number of ether oxygens (including phenoxy) is 4. The van der Waals surface area contributed by atoms with E-state index in [0.717, 1.165) is 0 Å². The second-order valence-corrected chi connectivity index (χ2v) is 9.05.